The van der Waals surface area contributed by atoms with E-state index in [0.29, 0.717) is 12.0 Å². The highest BCUT2D eigenvalue weighted by atomic mass is 16.5. The molecule has 16 heavy (non-hydrogen) atoms. The maximum absolute atomic E-state index is 6.15. The molecule has 1 aromatic heterocycles. The highest BCUT2D eigenvalue weighted by molar-refractivity contribution is 4.99. The number of hydrogen-bond donors (Lipinski definition) is 1. The lowest BCUT2D eigenvalue weighted by Crippen LogP contribution is -2.34. The molecule has 1 heterocycles. The lowest BCUT2D eigenvalue weighted by Gasteiger charge is -2.36. The third-order valence-electron chi connectivity index (χ3n) is 3.37. The zero-order chi connectivity index (χ0) is 11.5. The molecule has 1 atom stereocenters. The molecule has 0 aliphatic heterocycles. The number of aryl methyl sites for hydroxylation is 1. The Labute approximate surface area is 96.8 Å². The summed E-state index contributed by atoms with van der Waals surface area (Å²) in [4.78, 5) is 4.29. The van der Waals surface area contributed by atoms with E-state index in [-0.39, 0.29) is 6.04 Å². The second-order valence-corrected chi connectivity index (χ2v) is 4.65. The summed E-state index contributed by atoms with van der Waals surface area (Å²) >= 11 is 0. The molecule has 4 heteroatoms. The van der Waals surface area contributed by atoms with Gasteiger partial charge >= 0.3 is 0 Å². The molecule has 0 amide bonds. The Hall–Kier alpha value is -0.870. The van der Waals surface area contributed by atoms with Crippen LogP contribution in [0, 0.1) is 5.92 Å². The fraction of sp³-hybridized carbons (Fsp3) is 0.750. The van der Waals surface area contributed by atoms with Crippen molar-refractivity contribution in [2.24, 2.45) is 18.7 Å². The van der Waals surface area contributed by atoms with Gasteiger partial charge in [0.2, 0.25) is 0 Å². The normalized spacial score (nSPS) is 26.4. The maximum atomic E-state index is 6.15. The van der Waals surface area contributed by atoms with Crippen LogP contribution in [0.1, 0.15) is 38.1 Å². The number of rotatable bonds is 5. The molecule has 0 radical (unpaired) electrons. The molecule has 4 nitrogen and oxygen atoms in total. The molecule has 2 N–H and O–H groups in total. The Morgan fingerprint density at radius 1 is 1.62 bits per heavy atom. The summed E-state index contributed by atoms with van der Waals surface area (Å²) in [5.41, 5.74) is 6.15. The first kappa shape index (κ1) is 11.6. The van der Waals surface area contributed by atoms with Crippen LogP contribution in [-0.2, 0) is 11.8 Å². The van der Waals surface area contributed by atoms with E-state index in [1.165, 1.54) is 0 Å². The van der Waals surface area contributed by atoms with Gasteiger partial charge in [0.05, 0.1) is 12.1 Å². The molecule has 0 aromatic carbocycles. The Morgan fingerprint density at radius 2 is 2.38 bits per heavy atom. The molecular weight excluding hydrogens is 202 g/mol. The van der Waals surface area contributed by atoms with Crippen molar-refractivity contribution in [3.63, 3.8) is 0 Å². The van der Waals surface area contributed by atoms with Gasteiger partial charge in [-0.05, 0) is 32.1 Å². The van der Waals surface area contributed by atoms with Crippen LogP contribution in [0.25, 0.3) is 0 Å². The molecule has 2 rings (SSSR count). The van der Waals surface area contributed by atoms with E-state index in [1.807, 2.05) is 24.7 Å². The first-order chi connectivity index (χ1) is 7.70. The van der Waals surface area contributed by atoms with Crippen molar-refractivity contribution < 1.29 is 4.74 Å². The van der Waals surface area contributed by atoms with Crippen LogP contribution in [0.3, 0.4) is 0 Å². The van der Waals surface area contributed by atoms with Gasteiger partial charge in [0, 0.05) is 26.0 Å². The smallest absolute Gasteiger partial charge is 0.125 e. The van der Waals surface area contributed by atoms with Crippen LogP contribution in [0.2, 0.25) is 0 Å². The standard InChI is InChI=1S/C12H21N3O/c1-3-16-10-6-9(7-10)8-11(13)12-14-4-5-15(12)2/h4-5,9-11H,3,6-8,13H2,1-2H3. The van der Waals surface area contributed by atoms with Gasteiger partial charge in [-0.3, -0.25) is 0 Å². The highest BCUT2D eigenvalue weighted by Gasteiger charge is 2.31. The van der Waals surface area contributed by atoms with Crippen molar-refractivity contribution in [2.75, 3.05) is 6.61 Å². The molecule has 0 saturated heterocycles. The monoisotopic (exact) mass is 223 g/mol. The molecule has 0 bridgehead atoms. The predicted octanol–water partition coefficient (Wildman–Crippen LogP) is 1.63. The van der Waals surface area contributed by atoms with Crippen LogP contribution in [0.15, 0.2) is 12.4 Å². The number of aromatic nitrogens is 2. The summed E-state index contributed by atoms with van der Waals surface area (Å²) in [6.07, 6.45) is 7.56. The van der Waals surface area contributed by atoms with Gasteiger partial charge in [-0.1, -0.05) is 0 Å². The average Bonchev–Trinajstić information content (AvgIpc) is 2.61. The lowest BCUT2D eigenvalue weighted by molar-refractivity contribution is -0.0284. The summed E-state index contributed by atoms with van der Waals surface area (Å²) in [7, 11) is 1.99. The Morgan fingerprint density at radius 3 is 2.94 bits per heavy atom. The van der Waals surface area contributed by atoms with E-state index in [4.69, 9.17) is 10.5 Å². The predicted molar refractivity (Wildman–Crippen MR) is 62.9 cm³/mol. The van der Waals surface area contributed by atoms with Crippen LogP contribution in [-0.4, -0.2) is 22.3 Å². The van der Waals surface area contributed by atoms with Gasteiger partial charge < -0.3 is 15.0 Å². The summed E-state index contributed by atoms with van der Waals surface area (Å²) in [5, 5.41) is 0. The molecule has 0 spiro atoms. The second-order valence-electron chi connectivity index (χ2n) is 4.65. The average molecular weight is 223 g/mol. The van der Waals surface area contributed by atoms with Gasteiger partial charge in [-0.25, -0.2) is 4.98 Å². The van der Waals surface area contributed by atoms with Gasteiger partial charge in [0.1, 0.15) is 5.82 Å². The van der Waals surface area contributed by atoms with Crippen molar-refractivity contribution in [1.29, 1.82) is 0 Å². The second kappa shape index (κ2) is 4.97. The lowest BCUT2D eigenvalue weighted by atomic mass is 9.78. The van der Waals surface area contributed by atoms with Gasteiger partial charge in [0.15, 0.2) is 0 Å². The topological polar surface area (TPSA) is 53.1 Å². The molecule has 1 unspecified atom stereocenters. The maximum Gasteiger partial charge on any atom is 0.125 e. The Balaban J connectivity index is 1.77. The van der Waals surface area contributed by atoms with Crippen molar-refractivity contribution in [3.8, 4) is 0 Å². The van der Waals surface area contributed by atoms with E-state index >= 15 is 0 Å². The zero-order valence-electron chi connectivity index (χ0n) is 10.1. The summed E-state index contributed by atoms with van der Waals surface area (Å²) in [6.45, 7) is 2.87. The van der Waals surface area contributed by atoms with Crippen LogP contribution in [0.4, 0.5) is 0 Å². The third kappa shape index (κ3) is 2.44. The molecule has 1 fully saturated rings. The van der Waals surface area contributed by atoms with Gasteiger partial charge in [0.25, 0.3) is 0 Å². The summed E-state index contributed by atoms with van der Waals surface area (Å²) < 4.78 is 7.55. The van der Waals surface area contributed by atoms with E-state index < -0.39 is 0 Å². The van der Waals surface area contributed by atoms with E-state index in [9.17, 15) is 0 Å². The zero-order valence-corrected chi connectivity index (χ0v) is 10.1. The van der Waals surface area contributed by atoms with Crippen molar-refractivity contribution in [2.45, 2.75) is 38.3 Å². The van der Waals surface area contributed by atoms with E-state index in [1.54, 1.807) is 6.20 Å². The van der Waals surface area contributed by atoms with Crippen molar-refractivity contribution in [1.82, 2.24) is 9.55 Å². The number of hydrogen-bond acceptors (Lipinski definition) is 3. The largest absolute Gasteiger partial charge is 0.378 e. The minimum atomic E-state index is 0.0626. The third-order valence-corrected chi connectivity index (χ3v) is 3.37. The first-order valence-electron chi connectivity index (χ1n) is 6.05. The number of nitrogens with two attached hydrogens (primary N) is 1. The number of imidazole rings is 1. The molecular formula is C12H21N3O. The Bertz CT molecular complexity index is 331. The van der Waals surface area contributed by atoms with Crippen LogP contribution in [0.5, 0.6) is 0 Å². The van der Waals surface area contributed by atoms with Crippen molar-refractivity contribution >= 4 is 0 Å². The number of nitrogens with zero attached hydrogens (tertiary/aromatic N) is 2. The molecule has 1 aromatic rings. The fourth-order valence-corrected chi connectivity index (χ4v) is 2.44. The minimum absolute atomic E-state index is 0.0626. The highest BCUT2D eigenvalue weighted by Crippen LogP contribution is 2.35. The molecule has 90 valence electrons. The Kier molecular flexibility index (Phi) is 3.61. The molecule has 1 saturated carbocycles. The number of ether oxygens (including phenoxy) is 1. The minimum Gasteiger partial charge on any atom is -0.378 e. The molecule has 1 aliphatic rings. The van der Waals surface area contributed by atoms with E-state index in [2.05, 4.69) is 4.98 Å². The van der Waals surface area contributed by atoms with Gasteiger partial charge in [-0.15, -0.1) is 0 Å². The van der Waals surface area contributed by atoms with E-state index in [0.717, 1.165) is 31.7 Å². The fourth-order valence-electron chi connectivity index (χ4n) is 2.44. The quantitative estimate of drug-likeness (QED) is 0.825. The first-order valence-corrected chi connectivity index (χ1v) is 6.05. The van der Waals surface area contributed by atoms with Crippen LogP contribution >= 0.6 is 0 Å². The van der Waals surface area contributed by atoms with Gasteiger partial charge in [-0.2, -0.15) is 0 Å². The SMILES string of the molecule is CCOC1CC(CC(N)c2nccn2C)C1. The summed E-state index contributed by atoms with van der Waals surface area (Å²) in [6, 6.07) is 0.0626. The summed E-state index contributed by atoms with van der Waals surface area (Å²) in [5.74, 6) is 1.70. The molecule has 1 aliphatic carbocycles. The van der Waals surface area contributed by atoms with Crippen molar-refractivity contribution in [3.05, 3.63) is 18.2 Å². The van der Waals surface area contributed by atoms with Crippen LogP contribution < -0.4 is 5.73 Å².